The summed E-state index contributed by atoms with van der Waals surface area (Å²) in [6.45, 7) is 1.81. The fourth-order valence-corrected chi connectivity index (χ4v) is 1.42. The van der Waals surface area contributed by atoms with Crippen LogP contribution in [-0.2, 0) is 0 Å². The molecule has 0 aliphatic carbocycles. The van der Waals surface area contributed by atoms with E-state index in [9.17, 15) is 14.9 Å². The van der Waals surface area contributed by atoms with Crippen LogP contribution in [0, 0.1) is 17.0 Å². The molecule has 1 aromatic heterocycles. The fourth-order valence-electron chi connectivity index (χ4n) is 1.42. The van der Waals surface area contributed by atoms with E-state index in [4.69, 9.17) is 0 Å². The van der Waals surface area contributed by atoms with Crippen molar-refractivity contribution < 1.29 is 9.72 Å². The smallest absolute Gasteiger partial charge is 0.294 e. The average Bonchev–Trinajstić information content (AvgIpc) is 2.76. The summed E-state index contributed by atoms with van der Waals surface area (Å²) in [5.41, 5.74) is 1.18. The van der Waals surface area contributed by atoms with Gasteiger partial charge >= 0.3 is 0 Å². The lowest BCUT2D eigenvalue weighted by Gasteiger charge is -2.02. The van der Waals surface area contributed by atoms with Crippen LogP contribution in [0.5, 0.6) is 0 Å². The number of hydrogen-bond acceptors (Lipinski definition) is 5. The Balaban J connectivity index is 2.60. The molecule has 0 fully saturated rings. The van der Waals surface area contributed by atoms with Crippen molar-refractivity contribution in [3.63, 3.8) is 0 Å². The van der Waals surface area contributed by atoms with Gasteiger partial charge in [0.25, 0.3) is 5.69 Å². The molecule has 0 saturated carbocycles. The lowest BCUT2D eigenvalue weighted by molar-refractivity contribution is -0.384. The summed E-state index contributed by atoms with van der Waals surface area (Å²) in [7, 11) is 0. The van der Waals surface area contributed by atoms with Gasteiger partial charge in [-0.05, 0) is 18.6 Å². The van der Waals surface area contributed by atoms with Gasteiger partial charge in [0, 0.05) is 6.07 Å². The first-order valence-electron chi connectivity index (χ1n) is 4.75. The van der Waals surface area contributed by atoms with Gasteiger partial charge in [-0.3, -0.25) is 14.9 Å². The minimum Gasteiger partial charge on any atom is -0.296 e. The van der Waals surface area contributed by atoms with Crippen LogP contribution in [0.25, 0.3) is 5.69 Å². The highest BCUT2D eigenvalue weighted by Crippen LogP contribution is 2.23. The molecule has 0 amide bonds. The Bertz CT molecular complexity index is 591. The second-order valence-corrected chi connectivity index (χ2v) is 3.46. The summed E-state index contributed by atoms with van der Waals surface area (Å²) in [6.07, 6.45) is 1.87. The van der Waals surface area contributed by atoms with Gasteiger partial charge < -0.3 is 0 Å². The summed E-state index contributed by atoms with van der Waals surface area (Å²) in [6, 6.07) is 4.65. The quantitative estimate of drug-likeness (QED) is 0.451. The monoisotopic (exact) mass is 232 g/mol. The highest BCUT2D eigenvalue weighted by molar-refractivity contribution is 5.71. The summed E-state index contributed by atoms with van der Waals surface area (Å²) < 4.78 is 1.22. The number of aryl methyl sites for hydroxylation is 1. The number of carbonyl (C=O) groups is 1. The van der Waals surface area contributed by atoms with Crippen molar-refractivity contribution in [3.8, 4) is 5.69 Å². The van der Waals surface area contributed by atoms with Crippen LogP contribution in [-0.4, -0.2) is 26.2 Å². The molecule has 86 valence electrons. The van der Waals surface area contributed by atoms with Crippen molar-refractivity contribution in [2.24, 2.45) is 0 Å². The van der Waals surface area contributed by atoms with Crippen molar-refractivity contribution >= 4 is 12.0 Å². The first-order chi connectivity index (χ1) is 8.11. The van der Waals surface area contributed by atoms with E-state index >= 15 is 0 Å². The van der Waals surface area contributed by atoms with Crippen molar-refractivity contribution in [1.82, 2.24) is 15.0 Å². The maximum Gasteiger partial charge on any atom is 0.294 e. The van der Waals surface area contributed by atoms with Crippen LogP contribution < -0.4 is 0 Å². The largest absolute Gasteiger partial charge is 0.296 e. The van der Waals surface area contributed by atoms with Gasteiger partial charge in [-0.2, -0.15) is 0 Å². The summed E-state index contributed by atoms with van der Waals surface area (Å²) in [4.78, 5) is 20.8. The summed E-state index contributed by atoms with van der Waals surface area (Å²) >= 11 is 0. The third-order valence-electron chi connectivity index (χ3n) is 2.21. The second-order valence-electron chi connectivity index (χ2n) is 3.46. The fraction of sp³-hybridized carbons (Fsp3) is 0.100. The lowest BCUT2D eigenvalue weighted by Crippen LogP contribution is -2.01. The Kier molecular flexibility index (Phi) is 2.65. The van der Waals surface area contributed by atoms with E-state index < -0.39 is 4.92 Å². The first-order valence-corrected chi connectivity index (χ1v) is 4.75. The van der Waals surface area contributed by atoms with E-state index in [1.165, 1.54) is 16.9 Å². The Labute approximate surface area is 95.8 Å². The molecule has 17 heavy (non-hydrogen) atoms. The van der Waals surface area contributed by atoms with Gasteiger partial charge in [-0.15, -0.1) is 5.10 Å². The number of nitrogens with zero attached hydrogens (tertiary/aromatic N) is 4. The first kappa shape index (κ1) is 10.9. The molecule has 0 unspecified atom stereocenters. The van der Waals surface area contributed by atoms with E-state index in [0.29, 0.717) is 6.29 Å². The standard InChI is InChI=1S/C10H8N4O3/c1-7-2-3-9(14(16)17)10(4-7)13-5-8(6-15)11-12-13/h2-6H,1H3. The SMILES string of the molecule is Cc1ccc([N+](=O)[O-])c(-n2cc(C=O)nn2)c1. The summed E-state index contributed by atoms with van der Waals surface area (Å²) in [5, 5.41) is 18.1. The van der Waals surface area contributed by atoms with Gasteiger partial charge in [0.2, 0.25) is 0 Å². The van der Waals surface area contributed by atoms with E-state index in [1.54, 1.807) is 12.1 Å². The van der Waals surface area contributed by atoms with Crippen LogP contribution >= 0.6 is 0 Å². The molecule has 1 aromatic carbocycles. The molecule has 0 aliphatic rings. The third kappa shape index (κ3) is 2.03. The minimum absolute atomic E-state index is 0.0852. The predicted molar refractivity (Wildman–Crippen MR) is 58.1 cm³/mol. The van der Waals surface area contributed by atoms with Gasteiger partial charge in [-0.1, -0.05) is 11.3 Å². The number of nitro benzene ring substituents is 1. The number of nitro groups is 1. The van der Waals surface area contributed by atoms with Gasteiger partial charge in [-0.25, -0.2) is 4.68 Å². The molecule has 0 saturated heterocycles. The molecule has 2 aromatic rings. The van der Waals surface area contributed by atoms with Crippen molar-refractivity contribution in [2.75, 3.05) is 0 Å². The molecule has 2 rings (SSSR count). The molecular formula is C10H8N4O3. The van der Waals surface area contributed by atoms with Crippen molar-refractivity contribution in [3.05, 3.63) is 45.8 Å². The zero-order valence-corrected chi connectivity index (χ0v) is 8.90. The molecule has 7 heteroatoms. The Hall–Kier alpha value is -2.57. The van der Waals surface area contributed by atoms with Gasteiger partial charge in [0.15, 0.2) is 6.29 Å². The number of rotatable bonds is 3. The highest BCUT2D eigenvalue weighted by Gasteiger charge is 2.16. The molecule has 1 heterocycles. The topological polar surface area (TPSA) is 90.9 Å². The second kappa shape index (κ2) is 4.12. The third-order valence-corrected chi connectivity index (χ3v) is 2.21. The van der Waals surface area contributed by atoms with Gasteiger partial charge in [0.1, 0.15) is 11.4 Å². The highest BCUT2D eigenvalue weighted by atomic mass is 16.6. The molecule has 0 bridgehead atoms. The lowest BCUT2D eigenvalue weighted by atomic mass is 10.2. The molecular weight excluding hydrogens is 224 g/mol. The molecule has 0 aliphatic heterocycles. The maximum absolute atomic E-state index is 10.9. The number of carbonyl (C=O) groups excluding carboxylic acids is 1. The average molecular weight is 232 g/mol. The molecule has 0 N–H and O–H groups in total. The Morgan fingerprint density at radius 3 is 2.82 bits per heavy atom. The number of hydrogen-bond donors (Lipinski definition) is 0. The number of aromatic nitrogens is 3. The normalized spacial score (nSPS) is 10.2. The molecule has 0 atom stereocenters. The Morgan fingerprint density at radius 1 is 1.47 bits per heavy atom. The Morgan fingerprint density at radius 2 is 2.24 bits per heavy atom. The van der Waals surface area contributed by atoms with E-state index in [0.717, 1.165) is 5.56 Å². The van der Waals surface area contributed by atoms with Gasteiger partial charge in [0.05, 0.1) is 11.1 Å². The zero-order chi connectivity index (χ0) is 12.4. The molecule has 0 spiro atoms. The predicted octanol–water partition coefficient (Wildman–Crippen LogP) is 1.30. The number of benzene rings is 1. The van der Waals surface area contributed by atoms with Crippen LogP contribution in [0.15, 0.2) is 24.4 Å². The van der Waals surface area contributed by atoms with Crippen LogP contribution in [0.2, 0.25) is 0 Å². The van der Waals surface area contributed by atoms with E-state index in [2.05, 4.69) is 10.3 Å². The van der Waals surface area contributed by atoms with E-state index in [-0.39, 0.29) is 17.1 Å². The van der Waals surface area contributed by atoms with Crippen LogP contribution in [0.4, 0.5) is 5.69 Å². The zero-order valence-electron chi connectivity index (χ0n) is 8.90. The van der Waals surface area contributed by atoms with Crippen molar-refractivity contribution in [2.45, 2.75) is 6.92 Å². The summed E-state index contributed by atoms with van der Waals surface area (Å²) in [5.74, 6) is 0. The number of aldehydes is 1. The minimum atomic E-state index is -0.503. The van der Waals surface area contributed by atoms with E-state index in [1.807, 2.05) is 6.92 Å². The molecule has 7 nitrogen and oxygen atoms in total. The maximum atomic E-state index is 10.9. The van der Waals surface area contributed by atoms with Crippen LogP contribution in [0.3, 0.4) is 0 Å². The molecule has 0 radical (unpaired) electrons. The van der Waals surface area contributed by atoms with Crippen LogP contribution in [0.1, 0.15) is 16.1 Å². The van der Waals surface area contributed by atoms with Crippen molar-refractivity contribution in [1.29, 1.82) is 0 Å².